The van der Waals surface area contributed by atoms with Gasteiger partial charge in [-0.1, -0.05) is 13.0 Å². The first-order valence-corrected chi connectivity index (χ1v) is 13.7. The van der Waals surface area contributed by atoms with Crippen LogP contribution in [0.5, 0.6) is 0 Å². The van der Waals surface area contributed by atoms with Crippen molar-refractivity contribution in [2.75, 3.05) is 37.4 Å². The van der Waals surface area contributed by atoms with E-state index in [0.717, 1.165) is 58.9 Å². The number of fused-ring (bicyclic) bond motifs is 2. The molecular weight excluding hydrogens is 509 g/mol. The zero-order valence-corrected chi connectivity index (χ0v) is 21.5. The van der Waals surface area contributed by atoms with E-state index in [1.807, 2.05) is 6.92 Å². The van der Waals surface area contributed by atoms with Gasteiger partial charge in [0.25, 0.3) is 0 Å². The second-order valence-electron chi connectivity index (χ2n) is 8.76. The molecule has 5 rings (SSSR count). The highest BCUT2D eigenvalue weighted by molar-refractivity contribution is 7.99. The van der Waals surface area contributed by atoms with Crippen LogP contribution in [0.15, 0.2) is 29.3 Å². The molecule has 0 saturated heterocycles. The number of aromatic nitrogens is 2. The van der Waals surface area contributed by atoms with E-state index in [0.29, 0.717) is 24.6 Å². The van der Waals surface area contributed by atoms with Crippen LogP contribution < -0.4 is 5.32 Å². The van der Waals surface area contributed by atoms with E-state index in [1.54, 1.807) is 17.8 Å². The number of benzene rings is 1. The number of thioether (sulfide) groups is 1. The molecule has 4 heterocycles. The first-order chi connectivity index (χ1) is 17.4. The molecule has 0 spiro atoms. The van der Waals surface area contributed by atoms with Gasteiger partial charge < -0.3 is 15.2 Å². The predicted octanol–water partition coefficient (Wildman–Crippen LogP) is 5.50. The fraction of sp³-hybridized carbons (Fsp3) is 0.440. The Balaban J connectivity index is 1.49. The van der Waals surface area contributed by atoms with Crippen molar-refractivity contribution >= 4 is 34.7 Å². The average Bonchev–Trinajstić information content (AvgIpc) is 3.13. The summed E-state index contributed by atoms with van der Waals surface area (Å²) in [5.74, 6) is 0.903. The van der Waals surface area contributed by atoms with Gasteiger partial charge in [0.15, 0.2) is 0 Å². The lowest BCUT2D eigenvalue weighted by Gasteiger charge is -2.29. The number of aliphatic hydroxyl groups excluding tert-OH is 1. The lowest BCUT2D eigenvalue weighted by molar-refractivity contribution is -0.137. The average molecular weight is 537 g/mol. The lowest BCUT2D eigenvalue weighted by atomic mass is 9.95. The third kappa shape index (κ3) is 5.40. The number of thiophene rings is 1. The number of rotatable bonds is 6. The number of ether oxygens (including phenoxy) is 1. The zero-order chi connectivity index (χ0) is 25.3. The number of β-amino-alcohol motifs (C(OH)–C–C–N with tert-alkyl or cyclic N) is 1. The number of halogens is 3. The molecule has 0 bridgehead atoms. The number of aryl methyl sites for hydroxylation is 1. The Bertz CT molecular complexity index is 1230. The summed E-state index contributed by atoms with van der Waals surface area (Å²) in [7, 11) is 0. The molecule has 1 aromatic carbocycles. The van der Waals surface area contributed by atoms with Gasteiger partial charge in [-0.15, -0.1) is 23.1 Å². The Hall–Kier alpha value is -2.18. The van der Waals surface area contributed by atoms with Crippen LogP contribution in [0.1, 0.15) is 34.1 Å². The van der Waals surface area contributed by atoms with Crippen molar-refractivity contribution in [3.05, 3.63) is 51.5 Å². The van der Waals surface area contributed by atoms with Gasteiger partial charge >= 0.3 is 6.18 Å². The minimum absolute atomic E-state index is 0.116. The molecule has 0 radical (unpaired) electrons. The molecule has 0 saturated carbocycles. The van der Waals surface area contributed by atoms with Gasteiger partial charge in [-0.05, 0) is 41.7 Å². The molecule has 192 valence electrons. The zero-order valence-electron chi connectivity index (χ0n) is 19.8. The quantitative estimate of drug-likeness (QED) is 0.431. The summed E-state index contributed by atoms with van der Waals surface area (Å²) >= 11 is 2.89. The van der Waals surface area contributed by atoms with E-state index < -0.39 is 11.7 Å². The van der Waals surface area contributed by atoms with Crippen LogP contribution in [-0.4, -0.2) is 52.0 Å². The van der Waals surface area contributed by atoms with Crippen LogP contribution in [0.3, 0.4) is 0 Å². The molecule has 0 fully saturated rings. The second kappa shape index (κ2) is 10.7. The number of hydrogen-bond acceptors (Lipinski definition) is 8. The largest absolute Gasteiger partial charge is 0.420 e. The summed E-state index contributed by atoms with van der Waals surface area (Å²) in [4.78, 5) is 13.0. The van der Waals surface area contributed by atoms with E-state index in [4.69, 9.17) is 4.74 Å². The van der Waals surface area contributed by atoms with Crippen LogP contribution in [0, 0.1) is 0 Å². The molecule has 0 amide bonds. The van der Waals surface area contributed by atoms with E-state index in [9.17, 15) is 18.3 Å². The topological polar surface area (TPSA) is 70.5 Å². The van der Waals surface area contributed by atoms with Gasteiger partial charge in [-0.3, -0.25) is 4.90 Å². The van der Waals surface area contributed by atoms with Crippen molar-refractivity contribution in [1.29, 1.82) is 0 Å². The summed E-state index contributed by atoms with van der Waals surface area (Å²) in [6.45, 7) is 5.45. The Morgan fingerprint density at radius 3 is 2.86 bits per heavy atom. The van der Waals surface area contributed by atoms with Gasteiger partial charge in [-0.25, -0.2) is 9.97 Å². The molecule has 2 N–H and O–H groups in total. The SMILES string of the molecule is CCc1cc2c(cc1Nc1ncc(C(F)(F)F)c(-c3cc4c(s3)COCCS4)n1)CCN(CCO)C2. The number of aliphatic hydroxyl groups is 1. The van der Waals surface area contributed by atoms with Crippen molar-refractivity contribution < 1.29 is 23.0 Å². The van der Waals surface area contributed by atoms with Crippen molar-refractivity contribution in [3.8, 4) is 10.6 Å². The molecule has 0 atom stereocenters. The van der Waals surface area contributed by atoms with Gasteiger partial charge in [0.05, 0.1) is 30.4 Å². The fourth-order valence-electron chi connectivity index (χ4n) is 4.54. The van der Waals surface area contributed by atoms with Crippen molar-refractivity contribution in [1.82, 2.24) is 14.9 Å². The Labute approximate surface area is 215 Å². The van der Waals surface area contributed by atoms with Crippen LogP contribution in [0.4, 0.5) is 24.8 Å². The standard InChI is InChI=1S/C25H27F3N4O2S2/c1-2-15-9-17-13-32(5-6-33)4-3-16(17)10-19(15)30-24-29-12-18(25(26,27)28)23(31-24)21-11-20-22(36-21)14-34-7-8-35-20/h9-12,33H,2-8,13-14H2,1H3,(H,29,30,31). The summed E-state index contributed by atoms with van der Waals surface area (Å²) < 4.78 is 47.2. The first-order valence-electron chi connectivity index (χ1n) is 11.9. The van der Waals surface area contributed by atoms with Crippen LogP contribution in [0.25, 0.3) is 10.6 Å². The van der Waals surface area contributed by atoms with Gasteiger partial charge in [0.1, 0.15) is 5.56 Å². The smallest absolute Gasteiger partial charge is 0.395 e. The van der Waals surface area contributed by atoms with Crippen LogP contribution >= 0.6 is 23.1 Å². The number of hydrogen-bond donors (Lipinski definition) is 2. The monoisotopic (exact) mass is 536 g/mol. The van der Waals surface area contributed by atoms with Crippen molar-refractivity contribution in [3.63, 3.8) is 0 Å². The maximum atomic E-state index is 13.9. The summed E-state index contributed by atoms with van der Waals surface area (Å²) in [5.41, 5.74) is 3.29. The molecule has 3 aromatic rings. The first kappa shape index (κ1) is 25.5. The van der Waals surface area contributed by atoms with Crippen molar-refractivity contribution in [2.45, 2.75) is 44.0 Å². The Morgan fingerprint density at radius 1 is 1.22 bits per heavy atom. The van der Waals surface area contributed by atoms with Gasteiger partial charge in [-0.2, -0.15) is 13.2 Å². The second-order valence-corrected chi connectivity index (χ2v) is 11.0. The maximum absolute atomic E-state index is 13.9. The molecule has 6 nitrogen and oxygen atoms in total. The number of nitrogens with one attached hydrogen (secondary N) is 1. The van der Waals surface area contributed by atoms with E-state index in [-0.39, 0.29) is 18.2 Å². The third-order valence-electron chi connectivity index (χ3n) is 6.38. The molecule has 11 heteroatoms. The molecule has 2 aromatic heterocycles. The Kier molecular flexibility index (Phi) is 7.55. The molecule has 36 heavy (non-hydrogen) atoms. The Morgan fingerprint density at radius 2 is 2.08 bits per heavy atom. The van der Waals surface area contributed by atoms with Crippen LogP contribution in [-0.2, 0) is 36.9 Å². The lowest BCUT2D eigenvalue weighted by Crippen LogP contribution is -2.32. The predicted molar refractivity (Wildman–Crippen MR) is 136 cm³/mol. The summed E-state index contributed by atoms with van der Waals surface area (Å²) in [6.07, 6.45) is -2.11. The minimum atomic E-state index is -4.57. The maximum Gasteiger partial charge on any atom is 0.420 e. The van der Waals surface area contributed by atoms with Crippen LogP contribution in [0.2, 0.25) is 0 Å². The molecule has 2 aliphatic rings. The van der Waals surface area contributed by atoms with E-state index in [2.05, 4.69) is 32.3 Å². The highest BCUT2D eigenvalue weighted by atomic mass is 32.2. The van der Waals surface area contributed by atoms with Crippen molar-refractivity contribution in [2.24, 2.45) is 0 Å². The highest BCUT2D eigenvalue weighted by Crippen LogP contribution is 2.43. The minimum Gasteiger partial charge on any atom is -0.395 e. The number of nitrogens with zero attached hydrogens (tertiary/aromatic N) is 3. The van der Waals surface area contributed by atoms with E-state index in [1.165, 1.54) is 22.5 Å². The van der Waals surface area contributed by atoms with Gasteiger partial charge in [0.2, 0.25) is 5.95 Å². The highest BCUT2D eigenvalue weighted by Gasteiger charge is 2.36. The molecule has 0 aliphatic carbocycles. The van der Waals surface area contributed by atoms with Gasteiger partial charge in [0, 0.05) is 47.0 Å². The molecular formula is C25H27F3N4O2S2. The number of anilines is 2. The fourth-order valence-corrected chi connectivity index (χ4v) is 6.76. The number of alkyl halides is 3. The van der Waals surface area contributed by atoms with E-state index >= 15 is 0 Å². The molecule has 2 aliphatic heterocycles. The third-order valence-corrected chi connectivity index (χ3v) is 8.67. The summed E-state index contributed by atoms with van der Waals surface area (Å²) in [5, 5.41) is 12.5. The summed E-state index contributed by atoms with van der Waals surface area (Å²) in [6, 6.07) is 5.99. The molecule has 0 unspecified atom stereocenters. The normalized spacial score (nSPS) is 16.4.